The van der Waals surface area contributed by atoms with E-state index in [1.54, 1.807) is 0 Å². The molecule has 0 radical (unpaired) electrons. The van der Waals surface area contributed by atoms with E-state index in [0.29, 0.717) is 19.3 Å². The van der Waals surface area contributed by atoms with E-state index in [4.69, 9.17) is 14.2 Å². The molecular formula is C70H128O6. The number of hydrogen-bond acceptors (Lipinski definition) is 6. The second-order valence-corrected chi connectivity index (χ2v) is 22.7. The summed E-state index contributed by atoms with van der Waals surface area (Å²) in [4.78, 5) is 38.2. The third-order valence-electron chi connectivity index (χ3n) is 15.1. The third-order valence-corrected chi connectivity index (χ3v) is 15.1. The molecule has 76 heavy (non-hydrogen) atoms. The maximum absolute atomic E-state index is 12.9. The van der Waals surface area contributed by atoms with Gasteiger partial charge >= 0.3 is 17.9 Å². The van der Waals surface area contributed by atoms with Crippen molar-refractivity contribution in [2.24, 2.45) is 0 Å². The number of allylic oxidation sites excluding steroid dienone is 8. The van der Waals surface area contributed by atoms with Crippen molar-refractivity contribution in [2.75, 3.05) is 13.2 Å². The van der Waals surface area contributed by atoms with E-state index in [1.807, 2.05) is 0 Å². The van der Waals surface area contributed by atoms with E-state index in [9.17, 15) is 14.4 Å². The Balaban J connectivity index is 4.10. The van der Waals surface area contributed by atoms with Gasteiger partial charge < -0.3 is 14.2 Å². The zero-order chi connectivity index (χ0) is 55.0. The largest absolute Gasteiger partial charge is 0.462 e. The summed E-state index contributed by atoms with van der Waals surface area (Å²) < 4.78 is 16.9. The predicted molar refractivity (Wildman–Crippen MR) is 330 cm³/mol. The summed E-state index contributed by atoms with van der Waals surface area (Å²) in [6.07, 6.45) is 81.6. The van der Waals surface area contributed by atoms with Gasteiger partial charge in [-0.3, -0.25) is 14.4 Å². The summed E-state index contributed by atoms with van der Waals surface area (Å²) in [5.74, 6) is -0.888. The molecule has 0 amide bonds. The highest BCUT2D eigenvalue weighted by Gasteiger charge is 2.19. The molecule has 0 saturated heterocycles. The molecule has 0 aliphatic heterocycles. The molecule has 0 spiro atoms. The van der Waals surface area contributed by atoms with Crippen molar-refractivity contribution in [1.29, 1.82) is 0 Å². The molecule has 6 nitrogen and oxygen atoms in total. The number of unbranched alkanes of at least 4 members (excludes halogenated alkanes) is 43. The first-order valence-corrected chi connectivity index (χ1v) is 33.6. The Morgan fingerprint density at radius 1 is 0.276 bits per heavy atom. The molecule has 0 aliphatic rings. The minimum Gasteiger partial charge on any atom is -0.462 e. The molecule has 1 unspecified atom stereocenters. The average molecular weight is 1070 g/mol. The Bertz CT molecular complexity index is 1310. The zero-order valence-electron chi connectivity index (χ0n) is 51.0. The van der Waals surface area contributed by atoms with E-state index in [1.165, 1.54) is 218 Å². The summed E-state index contributed by atoms with van der Waals surface area (Å²) in [7, 11) is 0. The number of ether oxygens (including phenoxy) is 3. The molecule has 0 heterocycles. The van der Waals surface area contributed by atoms with Gasteiger partial charge in [0.2, 0.25) is 0 Å². The van der Waals surface area contributed by atoms with Crippen molar-refractivity contribution in [3.63, 3.8) is 0 Å². The van der Waals surface area contributed by atoms with Crippen LogP contribution in [0.2, 0.25) is 0 Å². The molecule has 0 aliphatic carbocycles. The van der Waals surface area contributed by atoms with Gasteiger partial charge in [-0.15, -0.1) is 0 Å². The van der Waals surface area contributed by atoms with Crippen molar-refractivity contribution in [2.45, 2.75) is 367 Å². The van der Waals surface area contributed by atoms with Crippen LogP contribution in [-0.4, -0.2) is 37.2 Å². The highest BCUT2D eigenvalue weighted by molar-refractivity contribution is 5.71. The fourth-order valence-corrected chi connectivity index (χ4v) is 10.0. The molecule has 0 rings (SSSR count). The fraction of sp³-hybridized carbons (Fsp3) is 0.843. The Kier molecular flexibility index (Phi) is 62.6. The van der Waals surface area contributed by atoms with Crippen molar-refractivity contribution in [3.05, 3.63) is 48.6 Å². The first kappa shape index (κ1) is 73.4. The first-order chi connectivity index (χ1) is 37.5. The van der Waals surface area contributed by atoms with Crippen LogP contribution in [0.15, 0.2) is 48.6 Å². The standard InChI is InChI=1S/C70H128O6/c1-4-7-10-13-16-19-22-25-27-28-29-30-31-32-33-34-35-36-37-38-39-40-41-42-44-45-48-51-54-57-60-63-69(72)75-66-67(65-74-68(71)62-59-56-53-50-47-24-21-18-15-12-9-6-3)76-70(73)64-61-58-55-52-49-46-43-26-23-20-17-14-11-8-5-2/h8,11,17-18,20-21,26,43,67H,4-7,9-10,12-16,19,22-25,27-42,44-66H2,1-3H3/b11-8-,20-17-,21-18-,43-26-. The van der Waals surface area contributed by atoms with Gasteiger partial charge in [0.15, 0.2) is 6.10 Å². The summed E-state index contributed by atoms with van der Waals surface area (Å²) in [5.41, 5.74) is 0. The van der Waals surface area contributed by atoms with Crippen molar-refractivity contribution >= 4 is 17.9 Å². The minimum atomic E-state index is -0.784. The summed E-state index contributed by atoms with van der Waals surface area (Å²) >= 11 is 0. The second-order valence-electron chi connectivity index (χ2n) is 22.7. The van der Waals surface area contributed by atoms with Gasteiger partial charge in [-0.2, -0.15) is 0 Å². The van der Waals surface area contributed by atoms with Gasteiger partial charge in [0, 0.05) is 19.3 Å². The molecule has 0 aromatic rings. The maximum atomic E-state index is 12.9. The monoisotopic (exact) mass is 1060 g/mol. The maximum Gasteiger partial charge on any atom is 0.306 e. The third kappa shape index (κ3) is 62.2. The Labute approximate surface area is 473 Å². The molecule has 0 bridgehead atoms. The van der Waals surface area contributed by atoms with Crippen LogP contribution in [0.5, 0.6) is 0 Å². The van der Waals surface area contributed by atoms with E-state index in [2.05, 4.69) is 69.4 Å². The van der Waals surface area contributed by atoms with Gasteiger partial charge in [0.25, 0.3) is 0 Å². The lowest BCUT2D eigenvalue weighted by molar-refractivity contribution is -0.167. The molecule has 444 valence electrons. The quantitative estimate of drug-likeness (QED) is 0.0261. The first-order valence-electron chi connectivity index (χ1n) is 33.6. The molecule has 6 heteroatoms. The Morgan fingerprint density at radius 3 is 0.842 bits per heavy atom. The van der Waals surface area contributed by atoms with Gasteiger partial charge in [-0.05, 0) is 77.0 Å². The SMILES string of the molecule is CC/C=C\C/C=C\C/C=C\CCCCCCCC(=O)OC(COC(=O)CCCCCCC/C=C\CCCCC)COC(=O)CCCCCCCCCCCCCCCCCCCCCCCCCCCCCCCCC. The van der Waals surface area contributed by atoms with E-state index >= 15 is 0 Å². The molecule has 0 saturated carbocycles. The Morgan fingerprint density at radius 2 is 0.513 bits per heavy atom. The fourth-order valence-electron chi connectivity index (χ4n) is 10.0. The number of carbonyl (C=O) groups excluding carboxylic acids is 3. The highest BCUT2D eigenvalue weighted by atomic mass is 16.6. The van der Waals surface area contributed by atoms with E-state index in [-0.39, 0.29) is 31.1 Å². The van der Waals surface area contributed by atoms with Crippen LogP contribution in [0.3, 0.4) is 0 Å². The van der Waals surface area contributed by atoms with Crippen LogP contribution in [0.1, 0.15) is 361 Å². The highest BCUT2D eigenvalue weighted by Crippen LogP contribution is 2.18. The molecular weight excluding hydrogens is 937 g/mol. The van der Waals surface area contributed by atoms with Crippen molar-refractivity contribution < 1.29 is 28.6 Å². The molecule has 0 fully saturated rings. The molecule has 0 N–H and O–H groups in total. The number of rotatable bonds is 62. The van der Waals surface area contributed by atoms with Crippen LogP contribution < -0.4 is 0 Å². The Hall–Kier alpha value is -2.63. The van der Waals surface area contributed by atoms with Crippen LogP contribution in [-0.2, 0) is 28.6 Å². The smallest absolute Gasteiger partial charge is 0.306 e. The van der Waals surface area contributed by atoms with E-state index < -0.39 is 6.10 Å². The van der Waals surface area contributed by atoms with Crippen LogP contribution in [0.25, 0.3) is 0 Å². The minimum absolute atomic E-state index is 0.0796. The van der Waals surface area contributed by atoms with E-state index in [0.717, 1.165) is 103 Å². The normalized spacial score (nSPS) is 12.3. The average Bonchev–Trinajstić information content (AvgIpc) is 3.42. The molecule has 0 aromatic carbocycles. The van der Waals surface area contributed by atoms with Crippen LogP contribution in [0.4, 0.5) is 0 Å². The number of hydrogen-bond donors (Lipinski definition) is 0. The number of esters is 3. The lowest BCUT2D eigenvalue weighted by Crippen LogP contribution is -2.30. The van der Waals surface area contributed by atoms with Crippen LogP contribution >= 0.6 is 0 Å². The summed E-state index contributed by atoms with van der Waals surface area (Å²) in [6, 6.07) is 0. The zero-order valence-corrected chi connectivity index (χ0v) is 51.0. The molecule has 0 aromatic heterocycles. The van der Waals surface area contributed by atoms with Gasteiger partial charge in [0.1, 0.15) is 13.2 Å². The second kappa shape index (κ2) is 64.9. The summed E-state index contributed by atoms with van der Waals surface area (Å²) in [5, 5.41) is 0. The van der Waals surface area contributed by atoms with Gasteiger partial charge in [0.05, 0.1) is 0 Å². The van der Waals surface area contributed by atoms with Gasteiger partial charge in [-0.1, -0.05) is 313 Å². The predicted octanol–water partition coefficient (Wildman–Crippen LogP) is 22.9. The molecule has 1 atom stereocenters. The lowest BCUT2D eigenvalue weighted by Gasteiger charge is -2.18. The lowest BCUT2D eigenvalue weighted by atomic mass is 10.0. The summed E-state index contributed by atoms with van der Waals surface area (Å²) in [6.45, 7) is 6.53. The number of carbonyl (C=O) groups is 3. The van der Waals surface area contributed by atoms with Crippen molar-refractivity contribution in [1.82, 2.24) is 0 Å². The van der Waals surface area contributed by atoms with Crippen LogP contribution in [0, 0.1) is 0 Å². The topological polar surface area (TPSA) is 78.9 Å². The van der Waals surface area contributed by atoms with Crippen molar-refractivity contribution in [3.8, 4) is 0 Å². The van der Waals surface area contributed by atoms with Gasteiger partial charge in [-0.25, -0.2) is 0 Å².